The molecule has 0 aliphatic carbocycles. The maximum absolute atomic E-state index is 11.8. The lowest BCUT2D eigenvalue weighted by molar-refractivity contribution is 0.0951. The molecule has 1 atom stereocenters. The van der Waals surface area contributed by atoms with Crippen molar-refractivity contribution < 1.29 is 9.90 Å². The minimum Gasteiger partial charge on any atom is -0.396 e. The third kappa shape index (κ3) is 3.70. The van der Waals surface area contributed by atoms with Crippen LogP contribution in [0.3, 0.4) is 0 Å². The number of carbonyl (C=O) groups is 1. The molecule has 1 unspecified atom stereocenters. The van der Waals surface area contributed by atoms with Crippen LogP contribution in [-0.4, -0.2) is 42.2 Å². The Kier molecular flexibility index (Phi) is 5.35. The van der Waals surface area contributed by atoms with Gasteiger partial charge < -0.3 is 15.3 Å². The first kappa shape index (κ1) is 14.8. The fourth-order valence-electron chi connectivity index (χ4n) is 2.71. The van der Waals surface area contributed by atoms with E-state index in [9.17, 15) is 4.79 Å². The summed E-state index contributed by atoms with van der Waals surface area (Å²) in [6.07, 6.45) is 4.84. The van der Waals surface area contributed by atoms with Gasteiger partial charge in [-0.05, 0) is 44.2 Å². The lowest BCUT2D eigenvalue weighted by Crippen LogP contribution is -2.36. The first-order chi connectivity index (χ1) is 9.74. The van der Waals surface area contributed by atoms with Crippen molar-refractivity contribution in [2.75, 3.05) is 31.1 Å². The van der Waals surface area contributed by atoms with Gasteiger partial charge in [0.2, 0.25) is 0 Å². The predicted octanol–water partition coefficient (Wildman–Crippen LogP) is 1.43. The molecular weight excluding hydrogens is 254 g/mol. The van der Waals surface area contributed by atoms with Gasteiger partial charge in [0.05, 0.1) is 0 Å². The van der Waals surface area contributed by atoms with Crippen molar-refractivity contribution in [3.05, 3.63) is 24.0 Å². The zero-order valence-electron chi connectivity index (χ0n) is 12.0. The molecule has 110 valence electrons. The van der Waals surface area contributed by atoms with Crippen LogP contribution in [0.5, 0.6) is 0 Å². The molecule has 0 bridgehead atoms. The molecule has 2 heterocycles. The Hall–Kier alpha value is -1.62. The Balaban J connectivity index is 2.08. The summed E-state index contributed by atoms with van der Waals surface area (Å²) in [5.74, 6) is 0.410. The first-order valence-corrected chi connectivity index (χ1v) is 7.34. The SMILES string of the molecule is CCNC(=O)c1cc(N2CCCC(CCO)C2)ccn1. The standard InChI is InChI=1S/C15H23N3O2/c1-2-16-15(20)14-10-13(5-7-17-14)18-8-3-4-12(11-18)6-9-19/h5,7,10,12,19H,2-4,6,8-9,11H2,1H3,(H,16,20). The van der Waals surface area contributed by atoms with Gasteiger partial charge in [0.1, 0.15) is 5.69 Å². The number of piperidine rings is 1. The highest BCUT2D eigenvalue weighted by Gasteiger charge is 2.20. The van der Waals surface area contributed by atoms with Crippen molar-refractivity contribution >= 4 is 11.6 Å². The molecule has 1 aromatic heterocycles. The van der Waals surface area contributed by atoms with E-state index >= 15 is 0 Å². The third-order valence-electron chi connectivity index (χ3n) is 3.73. The molecule has 0 spiro atoms. The second-order valence-corrected chi connectivity index (χ2v) is 5.23. The Morgan fingerprint density at radius 1 is 1.60 bits per heavy atom. The number of nitrogens with zero attached hydrogens (tertiary/aromatic N) is 2. The summed E-state index contributed by atoms with van der Waals surface area (Å²) in [4.78, 5) is 18.2. The topological polar surface area (TPSA) is 65.5 Å². The van der Waals surface area contributed by atoms with Crippen LogP contribution in [-0.2, 0) is 0 Å². The van der Waals surface area contributed by atoms with Crippen LogP contribution in [0.15, 0.2) is 18.3 Å². The maximum Gasteiger partial charge on any atom is 0.269 e. The van der Waals surface area contributed by atoms with Gasteiger partial charge in [-0.15, -0.1) is 0 Å². The molecule has 0 radical (unpaired) electrons. The summed E-state index contributed by atoms with van der Waals surface area (Å²) in [6.45, 7) is 4.69. The summed E-state index contributed by atoms with van der Waals surface area (Å²) in [5, 5.41) is 11.8. The van der Waals surface area contributed by atoms with E-state index < -0.39 is 0 Å². The average Bonchev–Trinajstić information content (AvgIpc) is 2.48. The number of pyridine rings is 1. The van der Waals surface area contributed by atoms with E-state index in [0.29, 0.717) is 18.2 Å². The van der Waals surface area contributed by atoms with E-state index in [-0.39, 0.29) is 12.5 Å². The molecule has 1 aliphatic heterocycles. The molecule has 0 saturated carbocycles. The lowest BCUT2D eigenvalue weighted by atomic mass is 9.95. The number of nitrogens with one attached hydrogen (secondary N) is 1. The smallest absolute Gasteiger partial charge is 0.269 e. The van der Waals surface area contributed by atoms with Crippen molar-refractivity contribution in [1.29, 1.82) is 0 Å². The normalized spacial score (nSPS) is 18.9. The maximum atomic E-state index is 11.8. The van der Waals surface area contributed by atoms with Crippen molar-refractivity contribution in [3.8, 4) is 0 Å². The van der Waals surface area contributed by atoms with Crippen LogP contribution in [0.1, 0.15) is 36.7 Å². The Labute approximate surface area is 120 Å². The fraction of sp³-hybridized carbons (Fsp3) is 0.600. The third-order valence-corrected chi connectivity index (χ3v) is 3.73. The summed E-state index contributed by atoms with van der Waals surface area (Å²) in [6, 6.07) is 3.80. The molecule has 1 fully saturated rings. The Morgan fingerprint density at radius 2 is 2.45 bits per heavy atom. The van der Waals surface area contributed by atoms with Gasteiger partial charge >= 0.3 is 0 Å². The number of anilines is 1. The van der Waals surface area contributed by atoms with Crippen molar-refractivity contribution in [2.45, 2.75) is 26.2 Å². The summed E-state index contributed by atoms with van der Waals surface area (Å²) < 4.78 is 0. The van der Waals surface area contributed by atoms with Crippen molar-refractivity contribution in [3.63, 3.8) is 0 Å². The molecule has 1 aromatic rings. The molecule has 20 heavy (non-hydrogen) atoms. The van der Waals surface area contributed by atoms with Crippen LogP contribution in [0.25, 0.3) is 0 Å². The molecular formula is C15H23N3O2. The number of hydrogen-bond donors (Lipinski definition) is 2. The summed E-state index contributed by atoms with van der Waals surface area (Å²) >= 11 is 0. The van der Waals surface area contributed by atoms with Gasteiger partial charge in [-0.2, -0.15) is 0 Å². The summed E-state index contributed by atoms with van der Waals surface area (Å²) in [5.41, 5.74) is 1.51. The van der Waals surface area contributed by atoms with Crippen LogP contribution in [0, 0.1) is 5.92 Å². The van der Waals surface area contributed by atoms with Crippen LogP contribution >= 0.6 is 0 Å². The quantitative estimate of drug-likeness (QED) is 0.854. The van der Waals surface area contributed by atoms with Gasteiger partial charge in [-0.25, -0.2) is 0 Å². The Bertz CT molecular complexity index is 448. The minimum absolute atomic E-state index is 0.127. The fourth-order valence-corrected chi connectivity index (χ4v) is 2.71. The average molecular weight is 277 g/mol. The molecule has 1 amide bonds. The van der Waals surface area contributed by atoms with Crippen LogP contribution in [0.4, 0.5) is 5.69 Å². The van der Waals surface area contributed by atoms with E-state index in [1.54, 1.807) is 6.20 Å². The Morgan fingerprint density at radius 3 is 3.20 bits per heavy atom. The van der Waals surface area contributed by atoms with Gasteiger partial charge in [0, 0.05) is 38.1 Å². The number of carbonyl (C=O) groups excluding carboxylic acids is 1. The lowest BCUT2D eigenvalue weighted by Gasteiger charge is -2.34. The van der Waals surface area contributed by atoms with Crippen LogP contribution in [0.2, 0.25) is 0 Å². The zero-order valence-corrected chi connectivity index (χ0v) is 12.0. The highest BCUT2D eigenvalue weighted by Crippen LogP contribution is 2.24. The number of aromatic nitrogens is 1. The first-order valence-electron chi connectivity index (χ1n) is 7.34. The van der Waals surface area contributed by atoms with Gasteiger partial charge in [0.25, 0.3) is 5.91 Å². The van der Waals surface area contributed by atoms with Gasteiger partial charge in [-0.1, -0.05) is 0 Å². The number of amides is 1. The largest absolute Gasteiger partial charge is 0.396 e. The number of hydrogen-bond acceptors (Lipinski definition) is 4. The molecule has 1 saturated heterocycles. The van der Waals surface area contributed by atoms with E-state index in [1.165, 1.54) is 6.42 Å². The van der Waals surface area contributed by atoms with Gasteiger partial charge in [0.15, 0.2) is 0 Å². The van der Waals surface area contributed by atoms with E-state index in [4.69, 9.17) is 5.11 Å². The van der Waals surface area contributed by atoms with E-state index in [1.807, 2.05) is 19.1 Å². The number of aliphatic hydroxyl groups excluding tert-OH is 1. The number of aliphatic hydroxyl groups is 1. The number of rotatable bonds is 5. The van der Waals surface area contributed by atoms with Crippen LogP contribution < -0.4 is 10.2 Å². The minimum atomic E-state index is -0.127. The summed E-state index contributed by atoms with van der Waals surface area (Å²) in [7, 11) is 0. The van der Waals surface area contributed by atoms with E-state index in [0.717, 1.165) is 31.6 Å². The van der Waals surface area contributed by atoms with Crippen molar-refractivity contribution in [1.82, 2.24) is 10.3 Å². The molecule has 1 aliphatic rings. The monoisotopic (exact) mass is 277 g/mol. The second kappa shape index (κ2) is 7.24. The van der Waals surface area contributed by atoms with E-state index in [2.05, 4.69) is 15.2 Å². The highest BCUT2D eigenvalue weighted by molar-refractivity contribution is 5.93. The zero-order chi connectivity index (χ0) is 14.4. The van der Waals surface area contributed by atoms with Gasteiger partial charge in [-0.3, -0.25) is 9.78 Å². The van der Waals surface area contributed by atoms with Crippen molar-refractivity contribution in [2.24, 2.45) is 5.92 Å². The highest BCUT2D eigenvalue weighted by atomic mass is 16.3. The molecule has 0 aromatic carbocycles. The second-order valence-electron chi connectivity index (χ2n) is 5.23. The molecule has 2 rings (SSSR count). The molecule has 2 N–H and O–H groups in total. The molecule has 5 heteroatoms. The molecule has 5 nitrogen and oxygen atoms in total. The predicted molar refractivity (Wildman–Crippen MR) is 78.9 cm³/mol.